The van der Waals surface area contributed by atoms with Gasteiger partial charge in [0.2, 0.25) is 5.91 Å². The number of nitrogens with zero attached hydrogens (tertiary/aromatic N) is 1. The fourth-order valence-electron chi connectivity index (χ4n) is 1.92. The number of piperazine rings is 1. The topological polar surface area (TPSA) is 58.4 Å². The molecule has 0 aliphatic carbocycles. The maximum absolute atomic E-state index is 11.1. The molecule has 1 amide bonds. The summed E-state index contributed by atoms with van der Waals surface area (Å²) in [5, 5.41) is 2.84. The van der Waals surface area contributed by atoms with E-state index in [2.05, 4.69) is 24.1 Å². The molecule has 1 rings (SSSR count). The quantitative estimate of drug-likeness (QED) is 0.652. The molecule has 0 atom stereocenters. The third-order valence-corrected chi connectivity index (χ3v) is 3.25. The van der Waals surface area contributed by atoms with Crippen LogP contribution in [-0.4, -0.2) is 43.5 Å². The van der Waals surface area contributed by atoms with E-state index in [-0.39, 0.29) is 11.3 Å². The molecule has 4 heteroatoms. The zero-order chi connectivity index (χ0) is 12.0. The van der Waals surface area contributed by atoms with E-state index in [1.807, 2.05) is 0 Å². The Morgan fingerprint density at radius 1 is 1.44 bits per heavy atom. The Kier molecular flexibility index (Phi) is 5.22. The third kappa shape index (κ3) is 4.94. The monoisotopic (exact) mass is 227 g/mol. The standard InChI is InChI=1S/C12H25N3O/c1-12(2,10-13)5-3-4-7-15-8-6-14-11(16)9-15/h3-10,13H2,1-2H3,(H,14,16). The van der Waals surface area contributed by atoms with Gasteiger partial charge in [0.1, 0.15) is 0 Å². The lowest BCUT2D eigenvalue weighted by Crippen LogP contribution is -2.47. The summed E-state index contributed by atoms with van der Waals surface area (Å²) in [6, 6.07) is 0. The van der Waals surface area contributed by atoms with Crippen molar-refractivity contribution in [3.05, 3.63) is 0 Å². The highest BCUT2D eigenvalue weighted by Gasteiger charge is 2.17. The van der Waals surface area contributed by atoms with Crippen molar-refractivity contribution in [2.24, 2.45) is 11.1 Å². The number of nitrogens with two attached hydrogens (primary N) is 1. The number of hydrogen-bond acceptors (Lipinski definition) is 3. The maximum atomic E-state index is 11.1. The molecule has 0 spiro atoms. The number of carbonyl (C=O) groups excluding carboxylic acids is 1. The minimum Gasteiger partial charge on any atom is -0.354 e. The summed E-state index contributed by atoms with van der Waals surface area (Å²) >= 11 is 0. The van der Waals surface area contributed by atoms with E-state index in [0.717, 1.165) is 32.6 Å². The number of nitrogens with one attached hydrogen (secondary N) is 1. The van der Waals surface area contributed by atoms with Gasteiger partial charge in [-0.1, -0.05) is 20.3 Å². The van der Waals surface area contributed by atoms with Gasteiger partial charge in [-0.2, -0.15) is 0 Å². The summed E-state index contributed by atoms with van der Waals surface area (Å²) in [5.74, 6) is 0.161. The van der Waals surface area contributed by atoms with Crippen molar-refractivity contribution in [1.29, 1.82) is 0 Å². The van der Waals surface area contributed by atoms with Gasteiger partial charge in [-0.15, -0.1) is 0 Å². The van der Waals surface area contributed by atoms with E-state index in [9.17, 15) is 4.79 Å². The largest absolute Gasteiger partial charge is 0.354 e. The van der Waals surface area contributed by atoms with Crippen molar-refractivity contribution < 1.29 is 4.79 Å². The number of carbonyl (C=O) groups is 1. The highest BCUT2D eigenvalue weighted by atomic mass is 16.2. The van der Waals surface area contributed by atoms with Crippen molar-refractivity contribution >= 4 is 5.91 Å². The molecular weight excluding hydrogens is 202 g/mol. The van der Waals surface area contributed by atoms with Gasteiger partial charge in [0.25, 0.3) is 0 Å². The van der Waals surface area contributed by atoms with Crippen molar-refractivity contribution in [1.82, 2.24) is 10.2 Å². The van der Waals surface area contributed by atoms with Crippen LogP contribution < -0.4 is 11.1 Å². The first-order chi connectivity index (χ1) is 7.53. The van der Waals surface area contributed by atoms with Crippen LogP contribution in [0.5, 0.6) is 0 Å². The maximum Gasteiger partial charge on any atom is 0.234 e. The van der Waals surface area contributed by atoms with Gasteiger partial charge in [0.15, 0.2) is 0 Å². The minimum atomic E-state index is 0.161. The summed E-state index contributed by atoms with van der Waals surface area (Å²) in [6.07, 6.45) is 3.53. The van der Waals surface area contributed by atoms with Crippen molar-refractivity contribution in [3.8, 4) is 0 Å². The summed E-state index contributed by atoms with van der Waals surface area (Å²) < 4.78 is 0. The fraction of sp³-hybridized carbons (Fsp3) is 0.917. The molecule has 3 N–H and O–H groups in total. The molecule has 94 valence electrons. The van der Waals surface area contributed by atoms with Crippen LogP contribution in [-0.2, 0) is 4.79 Å². The number of rotatable bonds is 6. The van der Waals surface area contributed by atoms with Gasteiger partial charge in [-0.05, 0) is 31.3 Å². The first-order valence-electron chi connectivity index (χ1n) is 6.23. The van der Waals surface area contributed by atoms with Gasteiger partial charge < -0.3 is 11.1 Å². The van der Waals surface area contributed by atoms with E-state index >= 15 is 0 Å². The Bertz CT molecular complexity index is 228. The average Bonchev–Trinajstić information content (AvgIpc) is 2.25. The lowest BCUT2D eigenvalue weighted by atomic mass is 9.87. The second kappa shape index (κ2) is 6.21. The van der Waals surface area contributed by atoms with E-state index in [4.69, 9.17) is 5.73 Å². The average molecular weight is 227 g/mol. The SMILES string of the molecule is CC(C)(CN)CCCCN1CCNC(=O)C1. The van der Waals surface area contributed by atoms with Crippen molar-refractivity contribution in [2.45, 2.75) is 33.1 Å². The Morgan fingerprint density at radius 2 is 2.19 bits per heavy atom. The number of hydrogen-bond donors (Lipinski definition) is 2. The van der Waals surface area contributed by atoms with Crippen LogP contribution in [0.25, 0.3) is 0 Å². The van der Waals surface area contributed by atoms with Crippen LogP contribution in [0.2, 0.25) is 0 Å². The van der Waals surface area contributed by atoms with Gasteiger partial charge in [0.05, 0.1) is 6.54 Å². The predicted molar refractivity (Wildman–Crippen MR) is 66.1 cm³/mol. The van der Waals surface area contributed by atoms with Gasteiger partial charge >= 0.3 is 0 Å². The Hall–Kier alpha value is -0.610. The third-order valence-electron chi connectivity index (χ3n) is 3.25. The molecule has 0 unspecified atom stereocenters. The molecule has 1 fully saturated rings. The van der Waals surface area contributed by atoms with Crippen LogP contribution in [0.15, 0.2) is 0 Å². The molecule has 1 aliphatic heterocycles. The number of amides is 1. The normalized spacial score (nSPS) is 18.6. The molecule has 0 saturated carbocycles. The van der Waals surface area contributed by atoms with E-state index in [1.165, 1.54) is 12.8 Å². The van der Waals surface area contributed by atoms with E-state index in [0.29, 0.717) is 6.54 Å². The first-order valence-corrected chi connectivity index (χ1v) is 6.23. The molecule has 4 nitrogen and oxygen atoms in total. The van der Waals surface area contributed by atoms with Crippen molar-refractivity contribution in [3.63, 3.8) is 0 Å². The molecule has 0 aromatic rings. The molecule has 16 heavy (non-hydrogen) atoms. The summed E-state index contributed by atoms with van der Waals surface area (Å²) in [7, 11) is 0. The van der Waals surface area contributed by atoms with Gasteiger partial charge in [-0.3, -0.25) is 9.69 Å². The van der Waals surface area contributed by atoms with Crippen LogP contribution in [0.3, 0.4) is 0 Å². The van der Waals surface area contributed by atoms with Crippen LogP contribution >= 0.6 is 0 Å². The van der Waals surface area contributed by atoms with Gasteiger partial charge in [-0.25, -0.2) is 0 Å². The summed E-state index contributed by atoms with van der Waals surface area (Å²) in [5.41, 5.74) is 5.95. The lowest BCUT2D eigenvalue weighted by molar-refractivity contribution is -0.124. The minimum absolute atomic E-state index is 0.161. The Balaban J connectivity index is 2.09. The zero-order valence-electron chi connectivity index (χ0n) is 10.6. The van der Waals surface area contributed by atoms with Crippen LogP contribution in [0, 0.1) is 5.41 Å². The second-order valence-corrected chi connectivity index (χ2v) is 5.45. The highest BCUT2D eigenvalue weighted by molar-refractivity contribution is 5.78. The molecule has 0 aromatic carbocycles. The molecule has 0 bridgehead atoms. The Labute approximate surface area is 98.6 Å². The molecule has 0 radical (unpaired) electrons. The smallest absolute Gasteiger partial charge is 0.234 e. The van der Waals surface area contributed by atoms with E-state index in [1.54, 1.807) is 0 Å². The van der Waals surface area contributed by atoms with Crippen LogP contribution in [0.1, 0.15) is 33.1 Å². The Morgan fingerprint density at radius 3 is 2.81 bits per heavy atom. The molecule has 0 aromatic heterocycles. The van der Waals surface area contributed by atoms with E-state index < -0.39 is 0 Å². The number of unbranched alkanes of at least 4 members (excludes halogenated alkanes) is 1. The predicted octanol–water partition coefficient (Wildman–Crippen LogP) is 0.573. The van der Waals surface area contributed by atoms with Gasteiger partial charge in [0, 0.05) is 13.1 Å². The first kappa shape index (κ1) is 13.5. The van der Waals surface area contributed by atoms with Crippen molar-refractivity contribution in [2.75, 3.05) is 32.7 Å². The zero-order valence-corrected chi connectivity index (χ0v) is 10.6. The fourth-order valence-corrected chi connectivity index (χ4v) is 1.92. The molecule has 1 aliphatic rings. The second-order valence-electron chi connectivity index (χ2n) is 5.45. The summed E-state index contributed by atoms with van der Waals surface area (Å²) in [6.45, 7) is 8.56. The molecular formula is C12H25N3O. The highest BCUT2D eigenvalue weighted by Crippen LogP contribution is 2.21. The molecule has 1 heterocycles. The van der Waals surface area contributed by atoms with Crippen LogP contribution in [0.4, 0.5) is 0 Å². The summed E-state index contributed by atoms with van der Waals surface area (Å²) in [4.78, 5) is 13.4. The lowest BCUT2D eigenvalue weighted by Gasteiger charge is -2.27. The molecule has 1 saturated heterocycles.